The van der Waals surface area contributed by atoms with Crippen molar-refractivity contribution in [2.75, 3.05) is 0 Å². The third kappa shape index (κ3) is 4.30. The predicted octanol–water partition coefficient (Wildman–Crippen LogP) is 6.82. The number of hydrogen-bond acceptors (Lipinski definition) is 2. The van der Waals surface area contributed by atoms with Gasteiger partial charge >= 0.3 is 0 Å². The zero-order chi connectivity index (χ0) is 20.8. The lowest BCUT2D eigenvalue weighted by atomic mass is 9.96. The number of benzene rings is 4. The molecule has 0 atom stereocenters. The van der Waals surface area contributed by atoms with E-state index >= 15 is 0 Å². The number of nitriles is 2. The molecule has 2 nitrogen and oxygen atoms in total. The van der Waals surface area contributed by atoms with Crippen LogP contribution in [0.15, 0.2) is 97.1 Å². The molecule has 4 aromatic rings. The maximum absolute atomic E-state index is 8.91. The van der Waals surface area contributed by atoms with Gasteiger partial charge in [-0.2, -0.15) is 10.5 Å². The van der Waals surface area contributed by atoms with Gasteiger partial charge in [-0.15, -0.1) is 0 Å². The highest BCUT2D eigenvalue weighted by molar-refractivity contribution is 5.73. The van der Waals surface area contributed by atoms with Gasteiger partial charge < -0.3 is 0 Å². The predicted molar refractivity (Wildman–Crippen MR) is 121 cm³/mol. The van der Waals surface area contributed by atoms with Crippen molar-refractivity contribution in [1.29, 1.82) is 10.5 Å². The first kappa shape index (κ1) is 19.2. The lowest BCUT2D eigenvalue weighted by Crippen LogP contribution is -1.85. The largest absolute Gasteiger partial charge is 0.198 e. The molecule has 0 aromatic heterocycles. The Bertz CT molecular complexity index is 1140. The van der Waals surface area contributed by atoms with Crippen molar-refractivity contribution in [3.63, 3.8) is 0 Å². The molecule has 0 saturated carbocycles. The molecule has 0 fully saturated rings. The zero-order valence-corrected chi connectivity index (χ0v) is 16.5. The van der Waals surface area contributed by atoms with E-state index in [2.05, 4.69) is 84.9 Å². The highest BCUT2D eigenvalue weighted by atomic mass is 14.2. The van der Waals surface area contributed by atoms with Gasteiger partial charge in [-0.3, -0.25) is 0 Å². The summed E-state index contributed by atoms with van der Waals surface area (Å²) in [6, 6.07) is 37.7. The van der Waals surface area contributed by atoms with Crippen LogP contribution in [-0.4, -0.2) is 0 Å². The lowest BCUT2D eigenvalue weighted by Gasteiger charge is -2.08. The first-order valence-corrected chi connectivity index (χ1v) is 9.90. The van der Waals surface area contributed by atoms with Gasteiger partial charge in [-0.05, 0) is 44.5 Å². The van der Waals surface area contributed by atoms with Crippen LogP contribution in [0.1, 0.15) is 11.1 Å². The van der Waals surface area contributed by atoms with Gasteiger partial charge in [0.25, 0.3) is 0 Å². The van der Waals surface area contributed by atoms with Crippen LogP contribution < -0.4 is 0 Å². The van der Waals surface area contributed by atoms with Crippen LogP contribution in [0.25, 0.3) is 33.4 Å². The van der Waals surface area contributed by atoms with Crippen molar-refractivity contribution in [3.05, 3.63) is 108 Å². The molecular weight excluding hydrogens is 364 g/mol. The van der Waals surface area contributed by atoms with Crippen molar-refractivity contribution in [3.8, 4) is 45.5 Å². The maximum Gasteiger partial charge on any atom is 0.0669 e. The molecule has 0 heterocycles. The van der Waals surface area contributed by atoms with Gasteiger partial charge in [0.2, 0.25) is 0 Å². The molecule has 0 bridgehead atoms. The summed E-state index contributed by atoms with van der Waals surface area (Å²) in [6.07, 6.45) is 0.857. The molecule has 0 spiro atoms. The Balaban J connectivity index is 1.55. The van der Waals surface area contributed by atoms with Crippen LogP contribution in [0.3, 0.4) is 0 Å². The standard InChI is InChI=1S/C28H20N2/c29-17-15-21-3-1-5-27(19-21)25-11-7-23(8-12-25)24-9-13-26(14-10-24)28-6-2-4-22(20-28)16-18-30/h1-14,19-20H,15-16H2. The van der Waals surface area contributed by atoms with Crippen molar-refractivity contribution < 1.29 is 0 Å². The Kier molecular flexibility index (Phi) is 5.70. The number of rotatable bonds is 5. The maximum atomic E-state index is 8.91. The molecule has 142 valence electrons. The summed E-state index contributed by atoms with van der Waals surface area (Å²) >= 11 is 0. The summed E-state index contributed by atoms with van der Waals surface area (Å²) in [7, 11) is 0. The molecule has 2 heteroatoms. The smallest absolute Gasteiger partial charge is 0.0669 e. The molecule has 0 unspecified atom stereocenters. The molecular formula is C28H20N2. The summed E-state index contributed by atoms with van der Waals surface area (Å²) < 4.78 is 0. The molecule has 0 aliphatic rings. The summed E-state index contributed by atoms with van der Waals surface area (Å²) in [5, 5.41) is 17.8. The van der Waals surface area contributed by atoms with Crippen molar-refractivity contribution in [2.24, 2.45) is 0 Å². The van der Waals surface area contributed by atoms with Crippen molar-refractivity contribution in [2.45, 2.75) is 12.8 Å². The van der Waals surface area contributed by atoms with Gasteiger partial charge in [-0.1, -0.05) is 97.1 Å². The van der Waals surface area contributed by atoms with Gasteiger partial charge in [0.15, 0.2) is 0 Å². The Morgan fingerprint density at radius 3 is 1.10 bits per heavy atom. The fraction of sp³-hybridized carbons (Fsp3) is 0.0714. The van der Waals surface area contributed by atoms with E-state index in [9.17, 15) is 0 Å². The molecule has 4 rings (SSSR count). The van der Waals surface area contributed by atoms with E-state index in [0.717, 1.165) is 44.5 Å². The van der Waals surface area contributed by atoms with Crippen LogP contribution in [0.5, 0.6) is 0 Å². The van der Waals surface area contributed by atoms with Crippen molar-refractivity contribution >= 4 is 0 Å². The molecule has 0 N–H and O–H groups in total. The van der Waals surface area contributed by atoms with Crippen molar-refractivity contribution in [1.82, 2.24) is 0 Å². The third-order valence-electron chi connectivity index (χ3n) is 5.19. The minimum absolute atomic E-state index is 0.428. The average Bonchev–Trinajstić information content (AvgIpc) is 2.80. The second kappa shape index (κ2) is 8.91. The van der Waals surface area contributed by atoms with Crippen LogP contribution in [0.2, 0.25) is 0 Å². The Morgan fingerprint density at radius 2 is 0.767 bits per heavy atom. The third-order valence-corrected chi connectivity index (χ3v) is 5.19. The lowest BCUT2D eigenvalue weighted by molar-refractivity contribution is 1.26. The minimum Gasteiger partial charge on any atom is -0.198 e. The highest BCUT2D eigenvalue weighted by Gasteiger charge is 2.04. The SMILES string of the molecule is N#CCc1cccc(-c2ccc(-c3ccc(-c4cccc(CC#N)c4)cc3)cc2)c1. The molecule has 30 heavy (non-hydrogen) atoms. The normalized spacial score (nSPS) is 10.2. The Labute approximate surface area is 177 Å². The molecule has 0 saturated heterocycles. The first-order valence-electron chi connectivity index (χ1n) is 9.90. The number of nitrogens with zero attached hydrogens (tertiary/aromatic N) is 2. The van der Waals surface area contributed by atoms with E-state index in [1.165, 1.54) is 0 Å². The van der Waals surface area contributed by atoms with Crippen LogP contribution in [-0.2, 0) is 12.8 Å². The van der Waals surface area contributed by atoms with Crippen LogP contribution in [0.4, 0.5) is 0 Å². The topological polar surface area (TPSA) is 47.6 Å². The molecule has 0 radical (unpaired) electrons. The number of hydrogen-bond donors (Lipinski definition) is 0. The fourth-order valence-electron chi connectivity index (χ4n) is 3.61. The summed E-state index contributed by atoms with van der Waals surface area (Å²) in [5.41, 5.74) is 8.94. The van der Waals surface area contributed by atoms with E-state index in [0.29, 0.717) is 12.8 Å². The summed E-state index contributed by atoms with van der Waals surface area (Å²) in [5.74, 6) is 0. The van der Waals surface area contributed by atoms with E-state index < -0.39 is 0 Å². The molecule has 4 aromatic carbocycles. The van der Waals surface area contributed by atoms with Gasteiger partial charge in [0, 0.05) is 0 Å². The second-order valence-electron chi connectivity index (χ2n) is 7.23. The monoisotopic (exact) mass is 384 g/mol. The summed E-state index contributed by atoms with van der Waals surface area (Å²) in [6.45, 7) is 0. The molecule has 0 aliphatic heterocycles. The fourth-order valence-corrected chi connectivity index (χ4v) is 3.61. The molecule has 0 aliphatic carbocycles. The van der Waals surface area contributed by atoms with E-state index in [4.69, 9.17) is 10.5 Å². The van der Waals surface area contributed by atoms with Crippen LogP contribution >= 0.6 is 0 Å². The quantitative estimate of drug-likeness (QED) is 0.379. The summed E-state index contributed by atoms with van der Waals surface area (Å²) in [4.78, 5) is 0. The van der Waals surface area contributed by atoms with Gasteiger partial charge in [-0.25, -0.2) is 0 Å². The zero-order valence-electron chi connectivity index (χ0n) is 16.5. The van der Waals surface area contributed by atoms with Gasteiger partial charge in [0.05, 0.1) is 25.0 Å². The second-order valence-corrected chi connectivity index (χ2v) is 7.23. The molecule has 0 amide bonds. The highest BCUT2D eigenvalue weighted by Crippen LogP contribution is 2.28. The van der Waals surface area contributed by atoms with E-state index in [-0.39, 0.29) is 0 Å². The first-order chi connectivity index (χ1) is 14.8. The Hall–Kier alpha value is -4.14. The minimum atomic E-state index is 0.428. The average molecular weight is 384 g/mol. The van der Waals surface area contributed by atoms with Gasteiger partial charge in [0.1, 0.15) is 0 Å². The van der Waals surface area contributed by atoms with E-state index in [1.54, 1.807) is 0 Å². The Morgan fingerprint density at radius 1 is 0.433 bits per heavy atom. The van der Waals surface area contributed by atoms with E-state index in [1.807, 2.05) is 24.3 Å². The van der Waals surface area contributed by atoms with Crippen LogP contribution in [0, 0.1) is 22.7 Å².